The SMILES string of the molecule is CC(C)C(C)N(C)c1ccc(C(F)(F)F)cc1CN. The summed E-state index contributed by atoms with van der Waals surface area (Å²) in [6, 6.07) is 3.97. The molecular formula is C14H21F3N2. The third-order valence-corrected chi connectivity index (χ3v) is 3.58. The predicted molar refractivity (Wildman–Crippen MR) is 72.0 cm³/mol. The second kappa shape index (κ2) is 5.82. The van der Waals surface area contributed by atoms with Gasteiger partial charge in [-0.3, -0.25) is 0 Å². The average molecular weight is 274 g/mol. The van der Waals surface area contributed by atoms with E-state index in [1.165, 1.54) is 6.07 Å². The van der Waals surface area contributed by atoms with E-state index in [0.29, 0.717) is 11.5 Å². The van der Waals surface area contributed by atoms with Crippen LogP contribution in [0.4, 0.5) is 18.9 Å². The summed E-state index contributed by atoms with van der Waals surface area (Å²) < 4.78 is 38.0. The lowest BCUT2D eigenvalue weighted by atomic mass is 10.0. The van der Waals surface area contributed by atoms with E-state index in [2.05, 4.69) is 13.8 Å². The van der Waals surface area contributed by atoms with Crippen LogP contribution in [-0.2, 0) is 12.7 Å². The Labute approximate surface area is 112 Å². The summed E-state index contributed by atoms with van der Waals surface area (Å²) in [6.45, 7) is 6.29. The molecule has 1 unspecified atom stereocenters. The van der Waals surface area contributed by atoms with Gasteiger partial charge >= 0.3 is 6.18 Å². The van der Waals surface area contributed by atoms with Gasteiger partial charge in [-0.05, 0) is 36.6 Å². The molecule has 1 aromatic rings. The molecule has 2 nitrogen and oxygen atoms in total. The lowest BCUT2D eigenvalue weighted by molar-refractivity contribution is -0.137. The summed E-state index contributed by atoms with van der Waals surface area (Å²) in [5, 5.41) is 0. The quantitative estimate of drug-likeness (QED) is 0.908. The minimum Gasteiger partial charge on any atom is -0.371 e. The fourth-order valence-electron chi connectivity index (χ4n) is 1.94. The van der Waals surface area contributed by atoms with Crippen molar-refractivity contribution in [2.24, 2.45) is 11.7 Å². The molecule has 19 heavy (non-hydrogen) atoms. The van der Waals surface area contributed by atoms with E-state index in [4.69, 9.17) is 5.73 Å². The Kier molecular flexibility index (Phi) is 4.85. The van der Waals surface area contributed by atoms with Gasteiger partial charge in [0.15, 0.2) is 0 Å². The fraction of sp³-hybridized carbons (Fsp3) is 0.571. The van der Waals surface area contributed by atoms with Crippen LogP contribution in [0.25, 0.3) is 0 Å². The van der Waals surface area contributed by atoms with Crippen molar-refractivity contribution < 1.29 is 13.2 Å². The first-order valence-corrected chi connectivity index (χ1v) is 6.31. The molecule has 0 heterocycles. The van der Waals surface area contributed by atoms with Gasteiger partial charge in [0.25, 0.3) is 0 Å². The summed E-state index contributed by atoms with van der Waals surface area (Å²) in [5.41, 5.74) is 6.21. The maximum Gasteiger partial charge on any atom is 0.416 e. The van der Waals surface area contributed by atoms with Gasteiger partial charge in [-0.25, -0.2) is 0 Å². The summed E-state index contributed by atoms with van der Waals surface area (Å²) in [6.07, 6.45) is -4.33. The minimum absolute atomic E-state index is 0.0917. The zero-order chi connectivity index (χ0) is 14.8. The highest BCUT2D eigenvalue weighted by atomic mass is 19.4. The van der Waals surface area contributed by atoms with Crippen molar-refractivity contribution in [1.29, 1.82) is 0 Å². The maximum atomic E-state index is 12.7. The van der Waals surface area contributed by atoms with E-state index in [1.807, 2.05) is 18.9 Å². The Hall–Kier alpha value is -1.23. The molecule has 0 fully saturated rings. The van der Waals surface area contributed by atoms with Crippen molar-refractivity contribution in [3.05, 3.63) is 29.3 Å². The molecule has 0 saturated heterocycles. The molecule has 0 aliphatic rings. The Bertz CT molecular complexity index is 427. The molecule has 1 aromatic carbocycles. The largest absolute Gasteiger partial charge is 0.416 e. The van der Waals surface area contributed by atoms with Gasteiger partial charge < -0.3 is 10.6 Å². The summed E-state index contributed by atoms with van der Waals surface area (Å²) in [4.78, 5) is 1.98. The molecule has 0 bridgehead atoms. The zero-order valence-electron chi connectivity index (χ0n) is 11.8. The smallest absolute Gasteiger partial charge is 0.371 e. The van der Waals surface area contributed by atoms with Gasteiger partial charge in [-0.15, -0.1) is 0 Å². The van der Waals surface area contributed by atoms with Gasteiger partial charge in [0.2, 0.25) is 0 Å². The molecule has 0 spiro atoms. The molecular weight excluding hydrogens is 253 g/mol. The van der Waals surface area contributed by atoms with Gasteiger partial charge in [0.1, 0.15) is 0 Å². The van der Waals surface area contributed by atoms with Gasteiger partial charge in [0.05, 0.1) is 5.56 Å². The Morgan fingerprint density at radius 1 is 1.21 bits per heavy atom. The highest BCUT2D eigenvalue weighted by Crippen LogP contribution is 2.33. The number of hydrogen-bond acceptors (Lipinski definition) is 2. The van der Waals surface area contributed by atoms with Crippen molar-refractivity contribution in [2.75, 3.05) is 11.9 Å². The second-order valence-electron chi connectivity index (χ2n) is 5.14. The van der Waals surface area contributed by atoms with E-state index in [1.54, 1.807) is 0 Å². The number of halogens is 3. The fourth-order valence-corrected chi connectivity index (χ4v) is 1.94. The second-order valence-corrected chi connectivity index (χ2v) is 5.14. The average Bonchev–Trinajstić information content (AvgIpc) is 2.34. The van der Waals surface area contributed by atoms with Crippen LogP contribution in [-0.4, -0.2) is 13.1 Å². The summed E-state index contributed by atoms with van der Waals surface area (Å²) in [7, 11) is 1.88. The molecule has 108 valence electrons. The number of benzene rings is 1. The van der Waals surface area contributed by atoms with Crippen LogP contribution in [0.2, 0.25) is 0 Å². The molecule has 2 N–H and O–H groups in total. The minimum atomic E-state index is -4.33. The van der Waals surface area contributed by atoms with Gasteiger partial charge in [-0.2, -0.15) is 13.2 Å². The lowest BCUT2D eigenvalue weighted by Crippen LogP contribution is -2.34. The van der Waals surface area contributed by atoms with Crippen molar-refractivity contribution in [3.8, 4) is 0 Å². The van der Waals surface area contributed by atoms with Crippen LogP contribution in [0.5, 0.6) is 0 Å². The van der Waals surface area contributed by atoms with E-state index in [-0.39, 0.29) is 12.6 Å². The molecule has 0 saturated carbocycles. The monoisotopic (exact) mass is 274 g/mol. The topological polar surface area (TPSA) is 29.3 Å². The van der Waals surface area contributed by atoms with Crippen molar-refractivity contribution >= 4 is 5.69 Å². The Balaban J connectivity index is 3.16. The van der Waals surface area contributed by atoms with E-state index >= 15 is 0 Å². The van der Waals surface area contributed by atoms with Gasteiger partial charge in [-0.1, -0.05) is 13.8 Å². The standard InChI is InChI=1S/C14H21F3N2/c1-9(2)10(3)19(4)13-6-5-12(14(15,16)17)7-11(13)8-18/h5-7,9-10H,8,18H2,1-4H3. The molecule has 5 heteroatoms. The number of rotatable bonds is 4. The third kappa shape index (κ3) is 3.62. The van der Waals surface area contributed by atoms with Crippen molar-refractivity contribution in [1.82, 2.24) is 0 Å². The van der Waals surface area contributed by atoms with Crippen LogP contribution in [0, 0.1) is 5.92 Å². The molecule has 1 atom stereocenters. The highest BCUT2D eigenvalue weighted by molar-refractivity contribution is 5.55. The molecule has 0 radical (unpaired) electrons. The van der Waals surface area contributed by atoms with Crippen LogP contribution < -0.4 is 10.6 Å². The van der Waals surface area contributed by atoms with Gasteiger partial charge in [0, 0.05) is 25.3 Å². The number of anilines is 1. The van der Waals surface area contributed by atoms with Crippen molar-refractivity contribution in [3.63, 3.8) is 0 Å². The Morgan fingerprint density at radius 3 is 2.21 bits per heavy atom. The lowest BCUT2D eigenvalue weighted by Gasteiger charge is -2.32. The number of alkyl halides is 3. The number of nitrogens with zero attached hydrogens (tertiary/aromatic N) is 1. The van der Waals surface area contributed by atoms with E-state index in [9.17, 15) is 13.2 Å². The van der Waals surface area contributed by atoms with E-state index in [0.717, 1.165) is 17.8 Å². The van der Waals surface area contributed by atoms with Crippen molar-refractivity contribution in [2.45, 2.75) is 39.5 Å². The summed E-state index contributed by atoms with van der Waals surface area (Å²) in [5.74, 6) is 0.401. The van der Waals surface area contributed by atoms with Crippen LogP contribution >= 0.6 is 0 Å². The first-order valence-electron chi connectivity index (χ1n) is 6.31. The summed E-state index contributed by atoms with van der Waals surface area (Å²) >= 11 is 0. The zero-order valence-corrected chi connectivity index (χ0v) is 11.8. The van der Waals surface area contributed by atoms with Crippen LogP contribution in [0.1, 0.15) is 31.9 Å². The first-order chi connectivity index (χ1) is 8.68. The maximum absolute atomic E-state index is 12.7. The highest BCUT2D eigenvalue weighted by Gasteiger charge is 2.31. The molecule has 0 aromatic heterocycles. The number of nitrogens with two attached hydrogens (primary N) is 1. The molecule has 0 aliphatic heterocycles. The number of hydrogen-bond donors (Lipinski definition) is 1. The predicted octanol–water partition coefficient (Wildman–Crippen LogP) is 3.64. The normalized spacial score (nSPS) is 13.7. The Morgan fingerprint density at radius 2 is 1.79 bits per heavy atom. The molecule has 1 rings (SSSR count). The molecule has 0 amide bonds. The molecule has 0 aliphatic carbocycles. The first kappa shape index (κ1) is 15.8. The third-order valence-electron chi connectivity index (χ3n) is 3.58. The van der Waals surface area contributed by atoms with E-state index < -0.39 is 11.7 Å². The van der Waals surface area contributed by atoms with Crippen LogP contribution in [0.15, 0.2) is 18.2 Å². The van der Waals surface area contributed by atoms with Crippen LogP contribution in [0.3, 0.4) is 0 Å².